The number of nitrogens with one attached hydrogen (secondary N) is 1. The van der Waals surface area contributed by atoms with Crippen LogP contribution in [-0.2, 0) is 6.61 Å². The quantitative estimate of drug-likeness (QED) is 0.213. The SMILES string of the molecule is COc1cc(/C=N/NC(=O)c2ccccc2-n2cccc2)cc(Br)c1OCc1ccc(Cl)cc1. The van der Waals surface area contributed by atoms with Gasteiger partial charge in [-0.1, -0.05) is 35.9 Å². The summed E-state index contributed by atoms with van der Waals surface area (Å²) in [6, 6.07) is 22.2. The van der Waals surface area contributed by atoms with Crippen LogP contribution >= 0.6 is 27.5 Å². The van der Waals surface area contributed by atoms with Gasteiger partial charge in [-0.15, -0.1) is 0 Å². The molecule has 3 aromatic carbocycles. The van der Waals surface area contributed by atoms with Gasteiger partial charge in [-0.2, -0.15) is 5.10 Å². The Bertz CT molecular complexity index is 1310. The second kappa shape index (κ2) is 11.0. The van der Waals surface area contributed by atoms with Crippen LogP contribution in [0.3, 0.4) is 0 Å². The lowest BCUT2D eigenvalue weighted by Gasteiger charge is -2.13. The molecule has 1 aromatic heterocycles. The van der Waals surface area contributed by atoms with Gasteiger partial charge in [0, 0.05) is 17.4 Å². The van der Waals surface area contributed by atoms with Gasteiger partial charge >= 0.3 is 0 Å². The van der Waals surface area contributed by atoms with E-state index in [1.807, 2.05) is 77.6 Å². The lowest BCUT2D eigenvalue weighted by atomic mass is 10.1. The summed E-state index contributed by atoms with van der Waals surface area (Å²) in [5.74, 6) is 0.794. The summed E-state index contributed by atoms with van der Waals surface area (Å²) in [6.45, 7) is 0.358. The van der Waals surface area contributed by atoms with Crippen molar-refractivity contribution in [3.63, 3.8) is 0 Å². The zero-order valence-corrected chi connectivity index (χ0v) is 20.6. The second-order valence-electron chi connectivity index (χ2n) is 7.26. The highest BCUT2D eigenvalue weighted by Gasteiger charge is 2.13. The molecule has 0 aliphatic rings. The molecule has 0 saturated heterocycles. The van der Waals surface area contributed by atoms with Crippen molar-refractivity contribution >= 4 is 39.7 Å². The predicted molar refractivity (Wildman–Crippen MR) is 137 cm³/mol. The molecule has 4 aromatic rings. The fourth-order valence-electron chi connectivity index (χ4n) is 3.30. The van der Waals surface area contributed by atoms with Crippen LogP contribution in [0.15, 0.2) is 94.8 Å². The number of carbonyl (C=O) groups is 1. The van der Waals surface area contributed by atoms with E-state index in [0.29, 0.717) is 33.2 Å². The monoisotopic (exact) mass is 537 g/mol. The first-order valence-electron chi connectivity index (χ1n) is 10.4. The molecule has 1 amide bonds. The van der Waals surface area contributed by atoms with Gasteiger partial charge in [0.15, 0.2) is 11.5 Å². The molecule has 0 bridgehead atoms. The molecular weight excluding hydrogens is 518 g/mol. The first-order valence-corrected chi connectivity index (χ1v) is 11.5. The van der Waals surface area contributed by atoms with Gasteiger partial charge < -0.3 is 14.0 Å². The van der Waals surface area contributed by atoms with E-state index in [1.165, 1.54) is 0 Å². The Morgan fingerprint density at radius 1 is 1.09 bits per heavy atom. The number of hydrogen-bond donors (Lipinski definition) is 1. The molecule has 6 nitrogen and oxygen atoms in total. The van der Waals surface area contributed by atoms with Gasteiger partial charge in [-0.25, -0.2) is 5.43 Å². The highest BCUT2D eigenvalue weighted by molar-refractivity contribution is 9.10. The molecule has 1 heterocycles. The minimum atomic E-state index is -0.311. The number of para-hydroxylation sites is 1. The molecule has 8 heteroatoms. The molecule has 0 spiro atoms. The third-order valence-corrected chi connectivity index (χ3v) is 5.80. The Morgan fingerprint density at radius 3 is 2.56 bits per heavy atom. The lowest BCUT2D eigenvalue weighted by molar-refractivity contribution is 0.0955. The van der Waals surface area contributed by atoms with Gasteiger partial charge in [-0.3, -0.25) is 4.79 Å². The number of methoxy groups -OCH3 is 1. The first kappa shape index (κ1) is 23.6. The molecule has 4 rings (SSSR count). The third kappa shape index (κ3) is 5.68. The maximum absolute atomic E-state index is 12.7. The van der Waals surface area contributed by atoms with Crippen molar-refractivity contribution in [1.82, 2.24) is 9.99 Å². The summed E-state index contributed by atoms with van der Waals surface area (Å²) in [5.41, 5.74) is 5.58. The fourth-order valence-corrected chi connectivity index (χ4v) is 4.00. The largest absolute Gasteiger partial charge is 0.493 e. The molecule has 0 aliphatic carbocycles. The number of halogens is 2. The van der Waals surface area contributed by atoms with Crippen LogP contribution < -0.4 is 14.9 Å². The number of benzene rings is 3. The van der Waals surface area contributed by atoms with Crippen LogP contribution in [0, 0.1) is 0 Å². The normalized spacial score (nSPS) is 10.9. The highest BCUT2D eigenvalue weighted by Crippen LogP contribution is 2.37. The summed E-state index contributed by atoms with van der Waals surface area (Å²) in [4.78, 5) is 12.7. The van der Waals surface area contributed by atoms with Crippen molar-refractivity contribution in [2.24, 2.45) is 5.10 Å². The molecule has 0 fully saturated rings. The average Bonchev–Trinajstić information content (AvgIpc) is 3.39. The Kier molecular flexibility index (Phi) is 7.67. The van der Waals surface area contributed by atoms with E-state index in [1.54, 1.807) is 25.5 Å². The van der Waals surface area contributed by atoms with Gasteiger partial charge in [0.2, 0.25) is 0 Å². The average molecular weight is 539 g/mol. The second-order valence-corrected chi connectivity index (χ2v) is 8.55. The zero-order valence-electron chi connectivity index (χ0n) is 18.2. The summed E-state index contributed by atoms with van der Waals surface area (Å²) in [7, 11) is 1.57. The van der Waals surface area contributed by atoms with E-state index in [-0.39, 0.29) is 5.91 Å². The Hall–Kier alpha value is -3.55. The highest BCUT2D eigenvalue weighted by atomic mass is 79.9. The van der Waals surface area contributed by atoms with Crippen molar-refractivity contribution in [2.75, 3.05) is 7.11 Å². The number of nitrogens with zero attached hydrogens (tertiary/aromatic N) is 2. The van der Waals surface area contributed by atoms with Crippen molar-refractivity contribution in [3.8, 4) is 17.2 Å². The number of ether oxygens (including phenoxy) is 2. The van der Waals surface area contributed by atoms with E-state index in [4.69, 9.17) is 21.1 Å². The van der Waals surface area contributed by atoms with Crippen molar-refractivity contribution in [3.05, 3.63) is 111 Å². The topological polar surface area (TPSA) is 64.8 Å². The minimum absolute atomic E-state index is 0.311. The number of carbonyl (C=O) groups excluding carboxylic acids is 1. The van der Waals surface area contributed by atoms with E-state index in [2.05, 4.69) is 26.5 Å². The summed E-state index contributed by atoms with van der Waals surface area (Å²) in [5, 5.41) is 4.80. The molecule has 172 valence electrons. The Balaban J connectivity index is 1.46. The molecule has 0 radical (unpaired) electrons. The molecule has 0 atom stereocenters. The van der Waals surface area contributed by atoms with Crippen LogP contribution in [0.2, 0.25) is 5.02 Å². The van der Waals surface area contributed by atoms with Crippen LogP contribution in [0.25, 0.3) is 5.69 Å². The number of hydrogen-bond acceptors (Lipinski definition) is 4. The molecule has 0 unspecified atom stereocenters. The maximum Gasteiger partial charge on any atom is 0.273 e. The number of amides is 1. The van der Waals surface area contributed by atoms with Gasteiger partial charge in [-0.05, 0) is 75.6 Å². The van der Waals surface area contributed by atoms with Crippen molar-refractivity contribution in [2.45, 2.75) is 6.61 Å². The smallest absolute Gasteiger partial charge is 0.273 e. The molecular formula is C26H21BrClN3O3. The summed E-state index contributed by atoms with van der Waals surface area (Å²) in [6.07, 6.45) is 5.32. The molecule has 0 aliphatic heterocycles. The summed E-state index contributed by atoms with van der Waals surface area (Å²) < 4.78 is 14.0. The number of hydrazone groups is 1. The zero-order chi connectivity index (χ0) is 23.9. The predicted octanol–water partition coefficient (Wildman–Crippen LogP) is 6.24. The van der Waals surface area contributed by atoms with Crippen LogP contribution in [0.1, 0.15) is 21.5 Å². The number of rotatable bonds is 8. The third-order valence-electron chi connectivity index (χ3n) is 4.96. The van der Waals surface area contributed by atoms with Crippen LogP contribution in [0.4, 0.5) is 0 Å². The molecule has 0 saturated carbocycles. The summed E-state index contributed by atoms with van der Waals surface area (Å²) >= 11 is 9.47. The van der Waals surface area contributed by atoms with E-state index in [9.17, 15) is 4.79 Å². The Labute approximate surface area is 210 Å². The van der Waals surface area contributed by atoms with Crippen molar-refractivity contribution in [1.29, 1.82) is 0 Å². The van der Waals surface area contributed by atoms with E-state index < -0.39 is 0 Å². The van der Waals surface area contributed by atoms with Gasteiger partial charge in [0.05, 0.1) is 29.0 Å². The van der Waals surface area contributed by atoms with Gasteiger partial charge in [0.25, 0.3) is 5.91 Å². The van der Waals surface area contributed by atoms with E-state index >= 15 is 0 Å². The number of aromatic nitrogens is 1. The Morgan fingerprint density at radius 2 is 1.82 bits per heavy atom. The molecule has 1 N–H and O–H groups in total. The fraction of sp³-hybridized carbons (Fsp3) is 0.0769. The van der Waals surface area contributed by atoms with Crippen LogP contribution in [0.5, 0.6) is 11.5 Å². The first-order chi connectivity index (χ1) is 16.5. The van der Waals surface area contributed by atoms with Crippen LogP contribution in [-0.4, -0.2) is 23.8 Å². The minimum Gasteiger partial charge on any atom is -0.493 e. The molecule has 34 heavy (non-hydrogen) atoms. The van der Waals surface area contributed by atoms with Gasteiger partial charge in [0.1, 0.15) is 6.61 Å². The van der Waals surface area contributed by atoms with E-state index in [0.717, 1.165) is 16.8 Å². The standard InChI is InChI=1S/C26H21BrClN3O3/c1-33-24-15-19(14-22(27)25(24)34-17-18-8-10-20(28)11-9-18)16-29-30-26(32)21-6-2-3-7-23(21)31-12-4-5-13-31/h2-16H,17H2,1H3,(H,30,32)/b29-16+. The maximum atomic E-state index is 12.7. The van der Waals surface area contributed by atoms with Crippen molar-refractivity contribution < 1.29 is 14.3 Å². The lowest BCUT2D eigenvalue weighted by Crippen LogP contribution is -2.19.